The zero-order chi connectivity index (χ0) is 15.4. The van der Waals surface area contributed by atoms with Gasteiger partial charge in [0, 0.05) is 25.4 Å². The van der Waals surface area contributed by atoms with E-state index in [2.05, 4.69) is 0 Å². The molecule has 1 saturated heterocycles. The molecule has 1 aliphatic heterocycles. The molecule has 114 valence electrons. The fourth-order valence-electron chi connectivity index (χ4n) is 2.92. The Labute approximate surface area is 124 Å². The van der Waals surface area contributed by atoms with Crippen LogP contribution in [0.4, 0.5) is 0 Å². The van der Waals surface area contributed by atoms with Crippen molar-refractivity contribution in [2.24, 2.45) is 5.92 Å². The Hall–Kier alpha value is -2.04. The fraction of sp³-hybridized carbons (Fsp3) is 0.500. The molecule has 0 aromatic heterocycles. The van der Waals surface area contributed by atoms with Crippen molar-refractivity contribution in [3.8, 4) is 5.75 Å². The van der Waals surface area contributed by atoms with Gasteiger partial charge in [-0.1, -0.05) is 25.1 Å². The van der Waals surface area contributed by atoms with Crippen LogP contribution in [0.3, 0.4) is 0 Å². The van der Waals surface area contributed by atoms with Gasteiger partial charge in [-0.2, -0.15) is 0 Å². The van der Waals surface area contributed by atoms with Gasteiger partial charge in [0.1, 0.15) is 5.75 Å². The van der Waals surface area contributed by atoms with Gasteiger partial charge in [-0.05, 0) is 18.1 Å². The minimum absolute atomic E-state index is 0.0288. The van der Waals surface area contributed by atoms with Gasteiger partial charge in [0.05, 0.1) is 13.0 Å². The maximum Gasteiger partial charge on any atom is 0.308 e. The molecule has 1 aromatic rings. The highest BCUT2D eigenvalue weighted by Gasteiger charge is 2.41. The average molecular weight is 291 g/mol. The lowest BCUT2D eigenvalue weighted by Gasteiger charge is -2.18. The van der Waals surface area contributed by atoms with Crippen molar-refractivity contribution in [1.82, 2.24) is 4.90 Å². The Kier molecular flexibility index (Phi) is 4.83. The first-order valence-corrected chi connectivity index (χ1v) is 7.22. The molecular weight excluding hydrogens is 270 g/mol. The quantitative estimate of drug-likeness (QED) is 0.902. The third-order valence-electron chi connectivity index (χ3n) is 3.99. The number of methoxy groups -OCH3 is 1. The monoisotopic (exact) mass is 291 g/mol. The lowest BCUT2D eigenvalue weighted by atomic mass is 9.88. The molecule has 0 radical (unpaired) electrons. The molecule has 0 aliphatic carbocycles. The molecule has 0 saturated carbocycles. The number of amides is 1. The number of para-hydroxylation sites is 1. The van der Waals surface area contributed by atoms with Crippen LogP contribution >= 0.6 is 0 Å². The van der Waals surface area contributed by atoms with Gasteiger partial charge in [-0.25, -0.2) is 0 Å². The number of carbonyl (C=O) groups is 2. The molecule has 1 heterocycles. The molecule has 2 unspecified atom stereocenters. The van der Waals surface area contributed by atoms with E-state index in [-0.39, 0.29) is 18.4 Å². The predicted molar refractivity (Wildman–Crippen MR) is 78.3 cm³/mol. The summed E-state index contributed by atoms with van der Waals surface area (Å²) in [4.78, 5) is 25.2. The van der Waals surface area contributed by atoms with Crippen LogP contribution in [-0.2, 0) is 9.59 Å². The first-order valence-electron chi connectivity index (χ1n) is 7.22. The zero-order valence-corrected chi connectivity index (χ0v) is 12.4. The van der Waals surface area contributed by atoms with Crippen LogP contribution < -0.4 is 4.74 Å². The number of hydrogen-bond acceptors (Lipinski definition) is 3. The highest BCUT2D eigenvalue weighted by Crippen LogP contribution is 2.37. The highest BCUT2D eigenvalue weighted by molar-refractivity contribution is 5.79. The smallest absolute Gasteiger partial charge is 0.308 e. The van der Waals surface area contributed by atoms with Crippen LogP contribution in [0, 0.1) is 5.92 Å². The Balaban J connectivity index is 2.28. The summed E-state index contributed by atoms with van der Waals surface area (Å²) in [5.41, 5.74) is 0.860. The Bertz CT molecular complexity index is 529. The van der Waals surface area contributed by atoms with Crippen molar-refractivity contribution in [3.63, 3.8) is 0 Å². The third kappa shape index (κ3) is 3.17. The molecule has 0 bridgehead atoms. The first kappa shape index (κ1) is 15.4. The average Bonchev–Trinajstić information content (AvgIpc) is 2.92. The summed E-state index contributed by atoms with van der Waals surface area (Å²) in [6, 6.07) is 7.43. The van der Waals surface area contributed by atoms with Crippen LogP contribution in [0.15, 0.2) is 24.3 Å². The van der Waals surface area contributed by atoms with Gasteiger partial charge in [0.15, 0.2) is 0 Å². The Morgan fingerprint density at radius 1 is 1.33 bits per heavy atom. The molecule has 1 amide bonds. The first-order chi connectivity index (χ1) is 10.1. The standard InChI is InChI=1S/C16H21NO4/c1-3-6-15(18)17-9-12(13(10-17)16(19)20)11-7-4-5-8-14(11)21-2/h4-5,7-8,12-13H,3,6,9-10H2,1-2H3,(H,19,20). The number of ether oxygens (including phenoxy) is 1. The Morgan fingerprint density at radius 3 is 2.67 bits per heavy atom. The van der Waals surface area contributed by atoms with E-state index >= 15 is 0 Å². The largest absolute Gasteiger partial charge is 0.496 e. The van der Waals surface area contributed by atoms with Gasteiger partial charge in [-0.15, -0.1) is 0 Å². The Morgan fingerprint density at radius 2 is 2.05 bits per heavy atom. The topological polar surface area (TPSA) is 66.8 Å². The van der Waals surface area contributed by atoms with E-state index in [4.69, 9.17) is 4.74 Å². The van der Waals surface area contributed by atoms with Gasteiger partial charge in [-0.3, -0.25) is 9.59 Å². The number of aliphatic carboxylic acids is 1. The van der Waals surface area contributed by atoms with Gasteiger partial charge in [0.2, 0.25) is 5.91 Å². The van der Waals surface area contributed by atoms with Crippen LogP contribution in [0.5, 0.6) is 5.75 Å². The minimum atomic E-state index is -0.863. The van der Waals surface area contributed by atoms with E-state index < -0.39 is 11.9 Å². The lowest BCUT2D eigenvalue weighted by Crippen LogP contribution is -2.29. The molecular formula is C16H21NO4. The van der Waals surface area contributed by atoms with Crippen molar-refractivity contribution in [2.45, 2.75) is 25.7 Å². The van der Waals surface area contributed by atoms with Crippen LogP contribution in [0.25, 0.3) is 0 Å². The van der Waals surface area contributed by atoms with E-state index in [9.17, 15) is 14.7 Å². The number of likely N-dealkylation sites (tertiary alicyclic amines) is 1. The minimum Gasteiger partial charge on any atom is -0.496 e. The second-order valence-corrected chi connectivity index (χ2v) is 5.34. The second-order valence-electron chi connectivity index (χ2n) is 5.34. The summed E-state index contributed by atoms with van der Waals surface area (Å²) in [5, 5.41) is 9.46. The van der Waals surface area contributed by atoms with E-state index in [1.165, 1.54) is 0 Å². The lowest BCUT2D eigenvalue weighted by molar-refractivity contribution is -0.141. The summed E-state index contributed by atoms with van der Waals surface area (Å²) in [6.45, 7) is 2.66. The maximum atomic E-state index is 12.0. The van der Waals surface area contributed by atoms with Crippen LogP contribution in [0.2, 0.25) is 0 Å². The number of rotatable bonds is 5. The molecule has 5 nitrogen and oxygen atoms in total. The number of nitrogens with zero attached hydrogens (tertiary/aromatic N) is 1. The van der Waals surface area contributed by atoms with Crippen molar-refractivity contribution in [1.29, 1.82) is 0 Å². The molecule has 21 heavy (non-hydrogen) atoms. The van der Waals surface area contributed by atoms with Gasteiger partial charge >= 0.3 is 5.97 Å². The van der Waals surface area contributed by atoms with Crippen molar-refractivity contribution in [2.75, 3.05) is 20.2 Å². The second kappa shape index (κ2) is 6.61. The molecule has 1 N–H and O–H groups in total. The van der Waals surface area contributed by atoms with Crippen molar-refractivity contribution in [3.05, 3.63) is 29.8 Å². The van der Waals surface area contributed by atoms with E-state index in [0.29, 0.717) is 18.7 Å². The number of carbonyl (C=O) groups excluding carboxylic acids is 1. The summed E-state index contributed by atoms with van der Waals surface area (Å²) in [6.07, 6.45) is 1.23. The van der Waals surface area contributed by atoms with Gasteiger partial charge < -0.3 is 14.7 Å². The summed E-state index contributed by atoms with van der Waals surface area (Å²) < 4.78 is 5.33. The molecule has 1 aliphatic rings. The van der Waals surface area contributed by atoms with E-state index in [0.717, 1.165) is 12.0 Å². The van der Waals surface area contributed by atoms with E-state index in [1.807, 2.05) is 31.2 Å². The zero-order valence-electron chi connectivity index (χ0n) is 12.4. The van der Waals surface area contributed by atoms with Crippen LogP contribution in [-0.4, -0.2) is 42.1 Å². The summed E-state index contributed by atoms with van der Waals surface area (Å²) in [5.74, 6) is -0.959. The molecule has 5 heteroatoms. The highest BCUT2D eigenvalue weighted by atomic mass is 16.5. The van der Waals surface area contributed by atoms with E-state index in [1.54, 1.807) is 12.0 Å². The number of benzene rings is 1. The number of carboxylic acids is 1. The molecule has 2 atom stereocenters. The molecule has 1 aromatic carbocycles. The molecule has 2 rings (SSSR count). The fourth-order valence-corrected chi connectivity index (χ4v) is 2.92. The van der Waals surface area contributed by atoms with Crippen LogP contribution in [0.1, 0.15) is 31.2 Å². The predicted octanol–water partition coefficient (Wildman–Crippen LogP) is 2.12. The van der Waals surface area contributed by atoms with Gasteiger partial charge in [0.25, 0.3) is 0 Å². The molecule has 0 spiro atoms. The molecule has 1 fully saturated rings. The summed E-state index contributed by atoms with van der Waals surface area (Å²) in [7, 11) is 1.57. The summed E-state index contributed by atoms with van der Waals surface area (Å²) >= 11 is 0. The number of hydrogen-bond donors (Lipinski definition) is 1. The van der Waals surface area contributed by atoms with Crippen molar-refractivity contribution >= 4 is 11.9 Å². The van der Waals surface area contributed by atoms with Crippen molar-refractivity contribution < 1.29 is 19.4 Å². The third-order valence-corrected chi connectivity index (χ3v) is 3.99. The SMILES string of the molecule is CCCC(=O)N1CC(C(=O)O)C(c2ccccc2OC)C1. The normalized spacial score (nSPS) is 21.3. The number of carboxylic acid groups (broad SMARTS) is 1. The maximum absolute atomic E-state index is 12.0.